The fraction of sp³-hybridized carbons (Fsp3) is 0.902. The van der Waals surface area contributed by atoms with Gasteiger partial charge in [-0.3, -0.25) is 4.79 Å². The number of aliphatic hydroxyl groups is 5. The fourth-order valence-electron chi connectivity index (χ4n) is 8.17. The van der Waals surface area contributed by atoms with Crippen LogP contribution in [0.5, 0.6) is 0 Å². The molecular weight excluding hydrogens is 755 g/mol. The Hall–Kier alpha value is -1.33. The molecule has 1 saturated heterocycles. The summed E-state index contributed by atoms with van der Waals surface area (Å²) in [5.74, 6) is -0.183. The molecule has 1 aliphatic heterocycles. The van der Waals surface area contributed by atoms with E-state index in [2.05, 4.69) is 31.3 Å². The molecule has 0 aliphatic carbocycles. The molecule has 1 fully saturated rings. The van der Waals surface area contributed by atoms with E-state index in [0.29, 0.717) is 6.42 Å². The number of amides is 1. The molecule has 0 aromatic heterocycles. The summed E-state index contributed by atoms with van der Waals surface area (Å²) in [5, 5.41) is 54.2. The monoisotopic (exact) mass is 852 g/mol. The average Bonchev–Trinajstić information content (AvgIpc) is 3.25. The zero-order chi connectivity index (χ0) is 43.7. The molecule has 7 unspecified atom stereocenters. The number of hydrogen-bond donors (Lipinski definition) is 6. The minimum Gasteiger partial charge on any atom is -0.394 e. The van der Waals surface area contributed by atoms with Crippen molar-refractivity contribution in [3.05, 3.63) is 24.3 Å². The molecule has 7 atom stereocenters. The Morgan fingerprint density at radius 3 is 1.40 bits per heavy atom. The Kier molecular flexibility index (Phi) is 39.4. The molecule has 0 spiro atoms. The quantitative estimate of drug-likeness (QED) is 0.0262. The van der Waals surface area contributed by atoms with Crippen LogP contribution < -0.4 is 5.32 Å². The van der Waals surface area contributed by atoms with Gasteiger partial charge in [-0.1, -0.05) is 224 Å². The third kappa shape index (κ3) is 31.5. The lowest BCUT2D eigenvalue weighted by Gasteiger charge is -2.40. The molecule has 1 amide bonds. The van der Waals surface area contributed by atoms with Crippen molar-refractivity contribution in [3.63, 3.8) is 0 Å². The molecular formula is C51H97NO8. The number of ether oxygens (including phenoxy) is 2. The van der Waals surface area contributed by atoms with E-state index in [1.54, 1.807) is 6.08 Å². The predicted octanol–water partition coefficient (Wildman–Crippen LogP) is 11.5. The van der Waals surface area contributed by atoms with Crippen LogP contribution in [0.1, 0.15) is 239 Å². The predicted molar refractivity (Wildman–Crippen MR) is 249 cm³/mol. The van der Waals surface area contributed by atoms with Gasteiger partial charge in [0, 0.05) is 6.42 Å². The van der Waals surface area contributed by atoms with Crippen molar-refractivity contribution >= 4 is 5.91 Å². The summed E-state index contributed by atoms with van der Waals surface area (Å²) in [4.78, 5) is 13.0. The van der Waals surface area contributed by atoms with Gasteiger partial charge < -0.3 is 40.3 Å². The van der Waals surface area contributed by atoms with Crippen molar-refractivity contribution in [3.8, 4) is 0 Å². The zero-order valence-corrected chi connectivity index (χ0v) is 39.0. The first-order chi connectivity index (χ1) is 29.3. The van der Waals surface area contributed by atoms with E-state index in [-0.39, 0.29) is 12.5 Å². The summed E-state index contributed by atoms with van der Waals surface area (Å²) in [6.45, 7) is 3.76. The molecule has 0 saturated carbocycles. The summed E-state index contributed by atoms with van der Waals surface area (Å²) < 4.78 is 11.2. The van der Waals surface area contributed by atoms with Gasteiger partial charge in [0.05, 0.1) is 25.4 Å². The Morgan fingerprint density at radius 2 is 0.950 bits per heavy atom. The van der Waals surface area contributed by atoms with E-state index < -0.39 is 49.5 Å². The van der Waals surface area contributed by atoms with Gasteiger partial charge in [-0.2, -0.15) is 0 Å². The number of carbonyl (C=O) groups is 1. The highest BCUT2D eigenvalue weighted by molar-refractivity contribution is 5.76. The van der Waals surface area contributed by atoms with Crippen LogP contribution in [-0.4, -0.2) is 87.5 Å². The zero-order valence-electron chi connectivity index (χ0n) is 39.0. The van der Waals surface area contributed by atoms with Crippen molar-refractivity contribution in [1.29, 1.82) is 0 Å². The molecule has 6 N–H and O–H groups in total. The molecule has 9 nitrogen and oxygen atoms in total. The number of carbonyl (C=O) groups excluding carboxylic acids is 1. The summed E-state index contributed by atoms with van der Waals surface area (Å²) in [6, 6.07) is -0.816. The van der Waals surface area contributed by atoms with Crippen molar-refractivity contribution in [2.45, 2.75) is 281 Å². The maximum atomic E-state index is 13.0. The largest absolute Gasteiger partial charge is 0.394 e. The summed E-state index contributed by atoms with van der Waals surface area (Å²) >= 11 is 0. The molecule has 354 valence electrons. The highest BCUT2D eigenvalue weighted by Gasteiger charge is 2.44. The number of aliphatic hydroxyl groups excluding tert-OH is 5. The summed E-state index contributed by atoms with van der Waals surface area (Å²) in [7, 11) is 0. The highest BCUT2D eigenvalue weighted by atomic mass is 16.7. The SMILES string of the molecule is CCCCCCCCC/C=C/CC/C=C/C(O)C(COC1OC(CO)C(O)C(O)C1O)NC(=O)CCCCCCCCCCCCCCCCCCCCCCCCCC. The molecule has 0 bridgehead atoms. The van der Waals surface area contributed by atoms with Crippen LogP contribution in [0, 0.1) is 0 Å². The van der Waals surface area contributed by atoms with Gasteiger partial charge in [0.25, 0.3) is 0 Å². The van der Waals surface area contributed by atoms with Crippen molar-refractivity contribution < 1.29 is 39.8 Å². The Morgan fingerprint density at radius 1 is 0.550 bits per heavy atom. The molecule has 60 heavy (non-hydrogen) atoms. The third-order valence-corrected chi connectivity index (χ3v) is 12.3. The van der Waals surface area contributed by atoms with Crippen LogP contribution in [0.25, 0.3) is 0 Å². The molecule has 9 heteroatoms. The minimum atomic E-state index is -1.57. The highest BCUT2D eigenvalue weighted by Crippen LogP contribution is 2.23. The fourth-order valence-corrected chi connectivity index (χ4v) is 8.17. The average molecular weight is 852 g/mol. The van der Waals surface area contributed by atoms with E-state index in [1.807, 2.05) is 6.08 Å². The van der Waals surface area contributed by atoms with Crippen LogP contribution in [0.15, 0.2) is 24.3 Å². The number of nitrogens with one attached hydrogen (secondary N) is 1. The lowest BCUT2D eigenvalue weighted by atomic mass is 9.99. The van der Waals surface area contributed by atoms with Gasteiger partial charge in [0.2, 0.25) is 5.91 Å². The number of unbranched alkanes of at least 4 members (excludes halogenated alkanes) is 31. The van der Waals surface area contributed by atoms with Gasteiger partial charge in [0.15, 0.2) is 6.29 Å². The van der Waals surface area contributed by atoms with E-state index in [4.69, 9.17) is 9.47 Å². The van der Waals surface area contributed by atoms with E-state index in [9.17, 15) is 30.3 Å². The number of rotatable bonds is 43. The molecule has 1 aliphatic rings. The van der Waals surface area contributed by atoms with E-state index >= 15 is 0 Å². The van der Waals surface area contributed by atoms with E-state index in [0.717, 1.165) is 38.5 Å². The standard InChI is InChI=1S/C51H97NO8/c1-3-5-7-9-11-13-15-17-18-19-20-21-22-23-24-25-26-27-29-31-33-35-37-39-41-47(55)52-44(43-59-51-50(58)49(57)48(56)46(42-53)60-51)45(54)40-38-36-34-32-30-28-16-14-12-10-8-6-4-2/h30,32,38,40,44-46,48-51,53-54,56-58H,3-29,31,33-37,39,41-43H2,1-2H3,(H,52,55)/b32-30+,40-38+. The molecule has 0 radical (unpaired) electrons. The first kappa shape index (κ1) is 56.7. The van der Waals surface area contributed by atoms with Crippen LogP contribution >= 0.6 is 0 Å². The van der Waals surface area contributed by atoms with Gasteiger partial charge in [-0.25, -0.2) is 0 Å². The van der Waals surface area contributed by atoms with E-state index in [1.165, 1.54) is 180 Å². The Bertz CT molecular complexity index is 992. The number of allylic oxidation sites excluding steroid dienone is 3. The van der Waals surface area contributed by atoms with Crippen molar-refractivity contribution in [2.24, 2.45) is 0 Å². The normalized spacial score (nSPS) is 20.7. The smallest absolute Gasteiger partial charge is 0.220 e. The first-order valence-electron chi connectivity index (χ1n) is 25.6. The molecule has 1 heterocycles. The third-order valence-electron chi connectivity index (χ3n) is 12.3. The van der Waals surface area contributed by atoms with Gasteiger partial charge in [-0.05, 0) is 32.1 Å². The van der Waals surface area contributed by atoms with Crippen molar-refractivity contribution in [1.82, 2.24) is 5.32 Å². The van der Waals surface area contributed by atoms with Crippen LogP contribution in [-0.2, 0) is 14.3 Å². The second-order valence-corrected chi connectivity index (χ2v) is 18.0. The van der Waals surface area contributed by atoms with Crippen LogP contribution in [0.4, 0.5) is 0 Å². The van der Waals surface area contributed by atoms with Gasteiger partial charge in [-0.15, -0.1) is 0 Å². The van der Waals surface area contributed by atoms with Gasteiger partial charge >= 0.3 is 0 Å². The topological polar surface area (TPSA) is 149 Å². The number of hydrogen-bond acceptors (Lipinski definition) is 8. The maximum Gasteiger partial charge on any atom is 0.220 e. The van der Waals surface area contributed by atoms with Crippen LogP contribution in [0.2, 0.25) is 0 Å². The Balaban J connectivity index is 2.24. The Labute approximate surface area is 369 Å². The molecule has 0 aromatic carbocycles. The second kappa shape index (κ2) is 41.7. The summed E-state index contributed by atoms with van der Waals surface area (Å²) in [6.07, 6.45) is 43.8. The summed E-state index contributed by atoms with van der Waals surface area (Å²) in [5.41, 5.74) is 0. The maximum absolute atomic E-state index is 13.0. The lowest BCUT2D eigenvalue weighted by Crippen LogP contribution is -2.60. The van der Waals surface area contributed by atoms with Gasteiger partial charge in [0.1, 0.15) is 24.4 Å². The van der Waals surface area contributed by atoms with Crippen molar-refractivity contribution in [2.75, 3.05) is 13.2 Å². The second-order valence-electron chi connectivity index (χ2n) is 18.0. The first-order valence-corrected chi connectivity index (χ1v) is 25.6. The molecule has 1 rings (SSSR count). The van der Waals surface area contributed by atoms with Crippen LogP contribution in [0.3, 0.4) is 0 Å². The minimum absolute atomic E-state index is 0.183. The lowest BCUT2D eigenvalue weighted by molar-refractivity contribution is -0.302. The molecule has 0 aromatic rings.